The van der Waals surface area contributed by atoms with Crippen LogP contribution >= 0.6 is 0 Å². The Morgan fingerprint density at radius 3 is 1.74 bits per heavy atom. The van der Waals surface area contributed by atoms with E-state index in [-0.39, 0.29) is 0 Å². The topological polar surface area (TPSA) is 63.4 Å². The highest BCUT2D eigenvalue weighted by atomic mass is 19.4. The molecule has 0 bridgehead atoms. The molecule has 0 saturated heterocycles. The van der Waals surface area contributed by atoms with Crippen LogP contribution in [0.2, 0.25) is 0 Å². The Balaban J connectivity index is 0.00000176. The molecular weight excluding hydrogens is 394 g/mol. The van der Waals surface area contributed by atoms with Gasteiger partial charge in [-0.2, -0.15) is 13.2 Å². The van der Waals surface area contributed by atoms with E-state index in [0.717, 1.165) is 7.11 Å². The van der Waals surface area contributed by atoms with Crippen molar-refractivity contribution in [1.82, 2.24) is 0 Å². The lowest BCUT2D eigenvalue weighted by Crippen LogP contribution is -2.14. The third-order valence-corrected chi connectivity index (χ3v) is 3.31. The molecule has 0 aromatic heterocycles. The molecule has 1 N–H and O–H groups in total. The number of alkyl halides is 3. The first-order chi connectivity index (χ1) is 12.5. The molecule has 12 heteroatoms. The molecule has 0 aliphatic rings. The molecule has 0 aliphatic carbocycles. The van der Waals surface area contributed by atoms with Crippen LogP contribution in [0.3, 0.4) is 0 Å². The lowest BCUT2D eigenvalue weighted by atomic mass is 9.96. The van der Waals surface area contributed by atoms with E-state index in [9.17, 15) is 45.2 Å². The van der Waals surface area contributed by atoms with Crippen LogP contribution in [-0.4, -0.2) is 17.1 Å². The molecule has 2 aromatic carbocycles. The van der Waals surface area contributed by atoms with Gasteiger partial charge in [0.15, 0.2) is 23.3 Å². The predicted octanol–water partition coefficient (Wildman–Crippen LogP) is 4.51. The molecular formula is C15H9F8NO3. The second kappa shape index (κ2) is 8.29. The molecule has 27 heavy (non-hydrogen) atoms. The lowest BCUT2D eigenvalue weighted by Gasteiger charge is -2.14. The number of benzene rings is 2. The number of halogens is 8. The van der Waals surface area contributed by atoms with E-state index < -0.39 is 69.0 Å². The van der Waals surface area contributed by atoms with Gasteiger partial charge in [-0.1, -0.05) is 6.07 Å². The maximum atomic E-state index is 13.7. The molecule has 0 amide bonds. The van der Waals surface area contributed by atoms with Crippen molar-refractivity contribution < 1.29 is 45.2 Å². The summed E-state index contributed by atoms with van der Waals surface area (Å²) in [5.74, 6) is -11.9. The Labute approximate surface area is 145 Å². The molecule has 0 aliphatic heterocycles. The van der Waals surface area contributed by atoms with Crippen molar-refractivity contribution in [2.45, 2.75) is 12.6 Å². The summed E-state index contributed by atoms with van der Waals surface area (Å²) in [6.07, 6.45) is -6.66. The molecule has 4 nitrogen and oxygen atoms in total. The number of rotatable bonds is 3. The van der Waals surface area contributed by atoms with Crippen LogP contribution in [0.5, 0.6) is 0 Å². The minimum absolute atomic E-state index is 0.397. The van der Waals surface area contributed by atoms with Crippen molar-refractivity contribution >= 4 is 5.69 Å². The zero-order valence-corrected chi connectivity index (χ0v) is 13.2. The highest BCUT2D eigenvalue weighted by Gasteiger charge is 2.38. The number of aliphatic hydroxyl groups excluding tert-OH is 1. The summed E-state index contributed by atoms with van der Waals surface area (Å²) in [6.45, 7) is 0. The van der Waals surface area contributed by atoms with Crippen molar-refractivity contribution in [3.05, 3.63) is 74.1 Å². The second-order valence-corrected chi connectivity index (χ2v) is 4.78. The van der Waals surface area contributed by atoms with Gasteiger partial charge in [0.1, 0.15) is 0 Å². The Morgan fingerprint density at radius 1 is 0.889 bits per heavy atom. The van der Waals surface area contributed by atoms with Gasteiger partial charge in [-0.05, 0) is 6.07 Å². The van der Waals surface area contributed by atoms with Crippen LogP contribution in [-0.2, 0) is 12.6 Å². The van der Waals surface area contributed by atoms with Gasteiger partial charge in [-0.15, -0.1) is 0 Å². The molecule has 0 atom stereocenters. The monoisotopic (exact) mass is 403 g/mol. The van der Waals surface area contributed by atoms with Crippen LogP contribution in [0, 0.1) is 39.2 Å². The molecule has 0 fully saturated rings. The summed E-state index contributed by atoms with van der Waals surface area (Å²) >= 11 is 0. The summed E-state index contributed by atoms with van der Waals surface area (Å²) in [5, 5.41) is 17.9. The average Bonchev–Trinajstić information content (AvgIpc) is 2.62. The quantitative estimate of drug-likeness (QED) is 0.270. The standard InChI is InChI=1S/C14H5F8NO2.CH4O/c15-9-6(10(16)12(18)13(19)11(9)17)4-5-7(14(20,21)22)2-1-3-8(5)23(24)25;1-2/h1-3H,4H2;2H,1H3. The van der Waals surface area contributed by atoms with E-state index in [0.29, 0.717) is 18.2 Å². The maximum Gasteiger partial charge on any atom is 0.416 e. The number of nitrogens with zero attached hydrogens (tertiary/aromatic N) is 1. The van der Waals surface area contributed by atoms with E-state index in [2.05, 4.69) is 0 Å². The Hall–Kier alpha value is -2.76. The van der Waals surface area contributed by atoms with Crippen LogP contribution in [0.25, 0.3) is 0 Å². The van der Waals surface area contributed by atoms with E-state index in [1.54, 1.807) is 0 Å². The maximum absolute atomic E-state index is 13.7. The SMILES string of the molecule is CO.O=[N+]([O-])c1cccc(C(F)(F)F)c1Cc1c(F)c(F)c(F)c(F)c1F. The van der Waals surface area contributed by atoms with Gasteiger partial charge >= 0.3 is 6.18 Å². The predicted molar refractivity (Wildman–Crippen MR) is 75.3 cm³/mol. The second-order valence-electron chi connectivity index (χ2n) is 4.78. The van der Waals surface area contributed by atoms with Gasteiger partial charge in [0.05, 0.1) is 10.5 Å². The minimum Gasteiger partial charge on any atom is -0.400 e. The molecule has 148 valence electrons. The van der Waals surface area contributed by atoms with Gasteiger partial charge in [-0.25, -0.2) is 22.0 Å². The molecule has 0 radical (unpaired) electrons. The molecule has 0 saturated carbocycles. The first-order valence-electron chi connectivity index (χ1n) is 6.75. The zero-order valence-electron chi connectivity index (χ0n) is 13.2. The lowest BCUT2D eigenvalue weighted by molar-refractivity contribution is -0.385. The number of hydrogen-bond donors (Lipinski definition) is 1. The van der Waals surface area contributed by atoms with E-state index in [1.165, 1.54) is 0 Å². The van der Waals surface area contributed by atoms with Crippen molar-refractivity contribution in [2.24, 2.45) is 0 Å². The van der Waals surface area contributed by atoms with Gasteiger partial charge < -0.3 is 5.11 Å². The molecule has 0 spiro atoms. The smallest absolute Gasteiger partial charge is 0.400 e. The van der Waals surface area contributed by atoms with E-state index >= 15 is 0 Å². The highest BCUT2D eigenvalue weighted by Crippen LogP contribution is 2.38. The molecule has 2 rings (SSSR count). The first-order valence-corrected chi connectivity index (χ1v) is 6.75. The molecule has 0 heterocycles. The van der Waals surface area contributed by atoms with Crippen molar-refractivity contribution in [3.8, 4) is 0 Å². The first kappa shape index (κ1) is 22.3. The number of nitro benzene ring substituents is 1. The van der Waals surface area contributed by atoms with Crippen LogP contribution in [0.15, 0.2) is 18.2 Å². The average molecular weight is 403 g/mol. The van der Waals surface area contributed by atoms with Gasteiger partial charge in [0, 0.05) is 30.7 Å². The largest absolute Gasteiger partial charge is 0.416 e. The fourth-order valence-corrected chi connectivity index (χ4v) is 2.18. The number of hydrogen-bond acceptors (Lipinski definition) is 3. The highest BCUT2D eigenvalue weighted by molar-refractivity contribution is 5.49. The summed E-state index contributed by atoms with van der Waals surface area (Å²) in [4.78, 5) is 9.64. The third kappa shape index (κ3) is 4.32. The van der Waals surface area contributed by atoms with E-state index in [4.69, 9.17) is 5.11 Å². The Kier molecular flexibility index (Phi) is 6.84. The third-order valence-electron chi connectivity index (χ3n) is 3.31. The molecule has 2 aromatic rings. The summed E-state index contributed by atoms with van der Waals surface area (Å²) < 4.78 is 106. The number of aliphatic hydroxyl groups is 1. The fraction of sp³-hybridized carbons (Fsp3) is 0.200. The van der Waals surface area contributed by atoms with Gasteiger partial charge in [-0.3, -0.25) is 10.1 Å². The van der Waals surface area contributed by atoms with Gasteiger partial charge in [0.2, 0.25) is 5.82 Å². The van der Waals surface area contributed by atoms with Crippen molar-refractivity contribution in [1.29, 1.82) is 0 Å². The van der Waals surface area contributed by atoms with Gasteiger partial charge in [0.25, 0.3) is 5.69 Å². The number of nitro groups is 1. The normalized spacial score (nSPS) is 11.0. The summed E-state index contributed by atoms with van der Waals surface area (Å²) in [7, 11) is 1.00. The van der Waals surface area contributed by atoms with Crippen LogP contribution in [0.4, 0.5) is 40.8 Å². The Morgan fingerprint density at radius 2 is 1.33 bits per heavy atom. The van der Waals surface area contributed by atoms with Crippen molar-refractivity contribution in [2.75, 3.05) is 7.11 Å². The summed E-state index contributed by atoms with van der Waals surface area (Å²) in [6, 6.07) is 1.70. The molecule has 0 unspecified atom stereocenters. The Bertz CT molecular complexity index is 838. The fourth-order valence-electron chi connectivity index (χ4n) is 2.18. The van der Waals surface area contributed by atoms with Crippen LogP contribution in [0.1, 0.15) is 16.7 Å². The van der Waals surface area contributed by atoms with E-state index in [1.807, 2.05) is 0 Å². The van der Waals surface area contributed by atoms with Crippen LogP contribution < -0.4 is 0 Å². The minimum atomic E-state index is -5.15. The zero-order chi connectivity index (χ0) is 21.1. The van der Waals surface area contributed by atoms with Crippen molar-refractivity contribution in [3.63, 3.8) is 0 Å². The summed E-state index contributed by atoms with van der Waals surface area (Å²) in [5.41, 5.74) is -5.61.